The molecule has 0 unspecified atom stereocenters. The molecule has 2 aromatic rings. The quantitative estimate of drug-likeness (QED) is 0.808. The van der Waals surface area contributed by atoms with Crippen LogP contribution in [0.1, 0.15) is 27.2 Å². The third kappa shape index (κ3) is 4.51. The van der Waals surface area contributed by atoms with Crippen LogP contribution < -0.4 is 10.1 Å². The van der Waals surface area contributed by atoms with Crippen molar-refractivity contribution in [3.05, 3.63) is 45.4 Å². The average Bonchev–Trinajstić information content (AvgIpc) is 2.92. The van der Waals surface area contributed by atoms with Crippen molar-refractivity contribution in [2.24, 2.45) is 0 Å². The van der Waals surface area contributed by atoms with Crippen molar-refractivity contribution in [3.63, 3.8) is 0 Å². The lowest BCUT2D eigenvalue weighted by molar-refractivity contribution is -0.129. The molecule has 1 atom stereocenters. The van der Waals surface area contributed by atoms with Crippen LogP contribution in [0, 0.1) is 6.92 Å². The van der Waals surface area contributed by atoms with E-state index in [-0.39, 0.29) is 0 Å². The average molecular weight is 336 g/mol. The molecule has 6 nitrogen and oxygen atoms in total. The minimum Gasteiger partial charge on any atom is -0.497 e. The Balaban J connectivity index is 1.95. The first-order chi connectivity index (χ1) is 11.0. The highest BCUT2D eigenvalue weighted by Crippen LogP contribution is 2.20. The number of amides is 1. The molecule has 2 N–H and O–H groups in total. The Hall–Kier alpha value is -1.96. The van der Waals surface area contributed by atoms with Gasteiger partial charge in [0.2, 0.25) is 0 Å². The number of thiazole rings is 1. The van der Waals surface area contributed by atoms with Gasteiger partial charge in [-0.15, -0.1) is 11.3 Å². The van der Waals surface area contributed by atoms with Gasteiger partial charge in [-0.25, -0.2) is 4.98 Å². The summed E-state index contributed by atoms with van der Waals surface area (Å²) >= 11 is 1.49. The number of carbonyl (C=O) groups excluding carboxylic acids is 1. The van der Waals surface area contributed by atoms with Crippen molar-refractivity contribution in [2.75, 3.05) is 14.2 Å². The monoisotopic (exact) mass is 336 g/mol. The zero-order chi connectivity index (χ0) is 16.8. The van der Waals surface area contributed by atoms with Crippen LogP contribution in [0.5, 0.6) is 5.75 Å². The second kappa shape index (κ2) is 8.05. The van der Waals surface area contributed by atoms with E-state index in [2.05, 4.69) is 10.3 Å². The Morgan fingerprint density at radius 3 is 2.65 bits per heavy atom. The predicted octanol–water partition coefficient (Wildman–Crippen LogP) is 1.96. The number of hydrogen-bond donors (Lipinski definition) is 2. The topological polar surface area (TPSA) is 80.7 Å². The fraction of sp³-hybridized carbons (Fsp3) is 0.375. The van der Waals surface area contributed by atoms with Crippen LogP contribution in [0.25, 0.3) is 0 Å². The standard InChI is InChI=1S/C16H20N2O4S/c1-10-13(23-14(18-10)9-21-2)8-17-16(20)15(19)11-4-6-12(22-3)7-5-11/h4-7,15,19H,8-9H2,1-3H3,(H,17,20)/t15-/m1/s1. The second-order valence-corrected chi connectivity index (χ2v) is 6.11. The molecule has 0 aliphatic heterocycles. The van der Waals surface area contributed by atoms with Crippen LogP contribution in [0.3, 0.4) is 0 Å². The molecule has 0 fully saturated rings. The van der Waals surface area contributed by atoms with Crippen molar-refractivity contribution in [2.45, 2.75) is 26.2 Å². The van der Waals surface area contributed by atoms with Gasteiger partial charge in [0.15, 0.2) is 6.10 Å². The number of rotatable bonds is 7. The molecule has 0 radical (unpaired) electrons. The summed E-state index contributed by atoms with van der Waals surface area (Å²) in [5.74, 6) is 0.226. The van der Waals surface area contributed by atoms with Crippen molar-refractivity contribution in [1.29, 1.82) is 0 Å². The molecule has 0 aliphatic rings. The van der Waals surface area contributed by atoms with Crippen LogP contribution in [-0.2, 0) is 22.7 Å². The first kappa shape index (κ1) is 17.4. The molecule has 23 heavy (non-hydrogen) atoms. The number of aliphatic hydroxyl groups is 1. The molecule has 1 heterocycles. The Kier molecular flexibility index (Phi) is 6.09. The molecule has 1 aromatic heterocycles. The number of benzene rings is 1. The number of methoxy groups -OCH3 is 2. The summed E-state index contributed by atoms with van der Waals surface area (Å²) in [6, 6.07) is 6.74. The molecule has 7 heteroatoms. The van der Waals surface area contributed by atoms with Gasteiger partial charge in [0.25, 0.3) is 5.91 Å². The summed E-state index contributed by atoms with van der Waals surface area (Å²) in [4.78, 5) is 17.4. The first-order valence-electron chi connectivity index (χ1n) is 7.09. The summed E-state index contributed by atoms with van der Waals surface area (Å²) in [6.45, 7) is 2.67. The van der Waals surface area contributed by atoms with Gasteiger partial charge >= 0.3 is 0 Å². The fourth-order valence-electron chi connectivity index (χ4n) is 2.04. The highest BCUT2D eigenvalue weighted by Gasteiger charge is 2.18. The lowest BCUT2D eigenvalue weighted by Gasteiger charge is -2.12. The van der Waals surface area contributed by atoms with Crippen LogP contribution in [0.2, 0.25) is 0 Å². The Labute approximate surface area is 139 Å². The summed E-state index contributed by atoms with van der Waals surface area (Å²) in [5, 5.41) is 13.7. The van der Waals surface area contributed by atoms with Gasteiger partial charge in [-0.2, -0.15) is 0 Å². The van der Waals surface area contributed by atoms with E-state index >= 15 is 0 Å². The number of aryl methyl sites for hydroxylation is 1. The Morgan fingerprint density at radius 2 is 2.04 bits per heavy atom. The zero-order valence-electron chi connectivity index (χ0n) is 13.3. The van der Waals surface area contributed by atoms with Crippen molar-refractivity contribution in [3.8, 4) is 5.75 Å². The summed E-state index contributed by atoms with van der Waals surface area (Å²) in [7, 11) is 3.18. The van der Waals surface area contributed by atoms with E-state index in [0.29, 0.717) is 24.5 Å². The highest BCUT2D eigenvalue weighted by molar-refractivity contribution is 7.11. The molecule has 124 valence electrons. The molecule has 0 saturated heterocycles. The van der Waals surface area contributed by atoms with E-state index in [4.69, 9.17) is 9.47 Å². The van der Waals surface area contributed by atoms with Gasteiger partial charge in [0.05, 0.1) is 26.0 Å². The van der Waals surface area contributed by atoms with Gasteiger partial charge in [-0.1, -0.05) is 12.1 Å². The van der Waals surface area contributed by atoms with Crippen LogP contribution >= 0.6 is 11.3 Å². The fourth-order valence-corrected chi connectivity index (χ4v) is 3.02. The maximum absolute atomic E-state index is 12.1. The number of hydrogen-bond acceptors (Lipinski definition) is 6. The molecular formula is C16H20N2O4S. The van der Waals surface area contributed by atoms with Crippen molar-refractivity contribution < 1.29 is 19.4 Å². The Bertz CT molecular complexity index is 655. The molecule has 0 spiro atoms. The minimum absolute atomic E-state index is 0.333. The second-order valence-electron chi connectivity index (χ2n) is 4.94. The number of ether oxygens (including phenoxy) is 2. The van der Waals surface area contributed by atoms with E-state index in [1.807, 2.05) is 6.92 Å². The van der Waals surface area contributed by atoms with Crippen molar-refractivity contribution in [1.82, 2.24) is 10.3 Å². The van der Waals surface area contributed by atoms with E-state index in [1.165, 1.54) is 11.3 Å². The highest BCUT2D eigenvalue weighted by atomic mass is 32.1. The number of nitrogens with zero attached hydrogens (tertiary/aromatic N) is 1. The maximum atomic E-state index is 12.1. The normalized spacial score (nSPS) is 12.0. The smallest absolute Gasteiger partial charge is 0.253 e. The lowest BCUT2D eigenvalue weighted by atomic mass is 10.1. The lowest BCUT2D eigenvalue weighted by Crippen LogP contribution is -2.28. The van der Waals surface area contributed by atoms with Crippen molar-refractivity contribution >= 4 is 17.2 Å². The minimum atomic E-state index is -1.22. The molecule has 1 aromatic carbocycles. The molecular weight excluding hydrogens is 316 g/mol. The molecule has 0 bridgehead atoms. The number of aromatic nitrogens is 1. The number of nitrogens with one attached hydrogen (secondary N) is 1. The molecule has 1 amide bonds. The van der Waals surface area contributed by atoms with E-state index in [0.717, 1.165) is 15.6 Å². The molecule has 0 aliphatic carbocycles. The van der Waals surface area contributed by atoms with Gasteiger partial charge in [0, 0.05) is 12.0 Å². The first-order valence-corrected chi connectivity index (χ1v) is 7.90. The third-order valence-electron chi connectivity index (χ3n) is 3.31. The third-order valence-corrected chi connectivity index (χ3v) is 4.44. The number of aliphatic hydroxyl groups excluding tert-OH is 1. The van der Waals surface area contributed by atoms with Gasteiger partial charge in [-0.3, -0.25) is 4.79 Å². The molecule has 2 rings (SSSR count). The zero-order valence-corrected chi connectivity index (χ0v) is 14.1. The summed E-state index contributed by atoms with van der Waals surface area (Å²) in [5.41, 5.74) is 1.38. The predicted molar refractivity (Wildman–Crippen MR) is 87.4 cm³/mol. The van der Waals surface area contributed by atoms with E-state index in [1.54, 1.807) is 38.5 Å². The Morgan fingerprint density at radius 1 is 1.35 bits per heavy atom. The summed E-state index contributed by atoms with van der Waals surface area (Å²) in [6.07, 6.45) is -1.22. The van der Waals surface area contributed by atoms with Crippen LogP contribution in [0.4, 0.5) is 0 Å². The molecule has 0 saturated carbocycles. The van der Waals surface area contributed by atoms with E-state index in [9.17, 15) is 9.90 Å². The van der Waals surface area contributed by atoms with Crippen LogP contribution in [-0.4, -0.2) is 30.2 Å². The largest absolute Gasteiger partial charge is 0.497 e. The van der Waals surface area contributed by atoms with Gasteiger partial charge in [-0.05, 0) is 24.6 Å². The summed E-state index contributed by atoms with van der Waals surface area (Å²) < 4.78 is 10.1. The van der Waals surface area contributed by atoms with E-state index < -0.39 is 12.0 Å². The maximum Gasteiger partial charge on any atom is 0.253 e. The van der Waals surface area contributed by atoms with Crippen LogP contribution in [0.15, 0.2) is 24.3 Å². The SMILES string of the molecule is COCc1nc(C)c(CNC(=O)[C@H](O)c2ccc(OC)cc2)s1. The van der Waals surface area contributed by atoms with Gasteiger partial charge < -0.3 is 19.9 Å². The van der Waals surface area contributed by atoms with Gasteiger partial charge in [0.1, 0.15) is 10.8 Å². The number of carbonyl (C=O) groups is 1.